The average Bonchev–Trinajstić information content (AvgIpc) is 2.82. The molecule has 0 fully saturated rings. The van der Waals surface area contributed by atoms with E-state index in [1.165, 1.54) is 21.3 Å². The first kappa shape index (κ1) is 21.7. The van der Waals surface area contributed by atoms with Crippen LogP contribution in [0.1, 0.15) is 21.5 Å². The molecule has 0 radical (unpaired) electrons. The molecule has 0 aliphatic rings. The molecule has 3 aromatic carbocycles. The van der Waals surface area contributed by atoms with Gasteiger partial charge in [-0.15, -0.1) is 0 Å². The van der Waals surface area contributed by atoms with Gasteiger partial charge in [-0.1, -0.05) is 42.5 Å². The van der Waals surface area contributed by atoms with Gasteiger partial charge in [0.25, 0.3) is 5.91 Å². The molecule has 0 atom stereocenters. The number of ether oxygens (including phenoxy) is 4. The molecular formula is C24H24N2O5. The summed E-state index contributed by atoms with van der Waals surface area (Å²) in [5, 5.41) is 4.04. The number of carbonyl (C=O) groups excluding carboxylic acids is 1. The van der Waals surface area contributed by atoms with Crippen molar-refractivity contribution in [2.45, 2.75) is 6.61 Å². The van der Waals surface area contributed by atoms with Crippen LogP contribution in [-0.2, 0) is 6.61 Å². The van der Waals surface area contributed by atoms with E-state index in [0.717, 1.165) is 11.1 Å². The minimum Gasteiger partial charge on any atom is -0.493 e. The van der Waals surface area contributed by atoms with Gasteiger partial charge < -0.3 is 18.9 Å². The van der Waals surface area contributed by atoms with Gasteiger partial charge in [-0.05, 0) is 35.4 Å². The topological polar surface area (TPSA) is 78.4 Å². The van der Waals surface area contributed by atoms with Crippen LogP contribution in [0.4, 0.5) is 0 Å². The van der Waals surface area contributed by atoms with E-state index >= 15 is 0 Å². The lowest BCUT2D eigenvalue weighted by Crippen LogP contribution is -2.18. The molecule has 7 heteroatoms. The van der Waals surface area contributed by atoms with Crippen LogP contribution in [0.25, 0.3) is 0 Å². The Balaban J connectivity index is 1.64. The quantitative estimate of drug-likeness (QED) is 0.417. The third-order valence-corrected chi connectivity index (χ3v) is 4.41. The van der Waals surface area contributed by atoms with Gasteiger partial charge >= 0.3 is 0 Å². The zero-order valence-electron chi connectivity index (χ0n) is 17.6. The van der Waals surface area contributed by atoms with Gasteiger partial charge in [0, 0.05) is 5.56 Å². The van der Waals surface area contributed by atoms with Crippen LogP contribution >= 0.6 is 0 Å². The molecule has 160 valence electrons. The van der Waals surface area contributed by atoms with Crippen molar-refractivity contribution in [1.82, 2.24) is 5.43 Å². The number of methoxy groups -OCH3 is 3. The summed E-state index contributed by atoms with van der Waals surface area (Å²) in [4.78, 5) is 12.5. The molecule has 31 heavy (non-hydrogen) atoms. The van der Waals surface area contributed by atoms with Crippen molar-refractivity contribution in [1.29, 1.82) is 0 Å². The minimum atomic E-state index is -0.410. The van der Waals surface area contributed by atoms with Gasteiger partial charge in [-0.3, -0.25) is 4.79 Å². The van der Waals surface area contributed by atoms with E-state index in [-0.39, 0.29) is 0 Å². The van der Waals surface area contributed by atoms with Crippen molar-refractivity contribution in [3.8, 4) is 23.0 Å². The average molecular weight is 420 g/mol. The highest BCUT2D eigenvalue weighted by Gasteiger charge is 2.16. The first-order valence-corrected chi connectivity index (χ1v) is 9.54. The summed E-state index contributed by atoms with van der Waals surface area (Å²) >= 11 is 0. The van der Waals surface area contributed by atoms with Gasteiger partial charge in [-0.25, -0.2) is 5.43 Å². The molecule has 0 unspecified atom stereocenters. The smallest absolute Gasteiger partial charge is 0.271 e. The predicted octanol–water partition coefficient (Wildman–Crippen LogP) is 4.06. The Labute approximate surface area is 181 Å². The van der Waals surface area contributed by atoms with E-state index in [9.17, 15) is 4.79 Å². The van der Waals surface area contributed by atoms with Gasteiger partial charge in [0.1, 0.15) is 12.4 Å². The third-order valence-electron chi connectivity index (χ3n) is 4.41. The molecule has 0 aromatic heterocycles. The summed E-state index contributed by atoms with van der Waals surface area (Å²) in [5.41, 5.74) is 4.70. The Bertz CT molecular complexity index is 1030. The van der Waals surface area contributed by atoms with Gasteiger partial charge in [0.2, 0.25) is 5.75 Å². The fourth-order valence-corrected chi connectivity index (χ4v) is 2.87. The van der Waals surface area contributed by atoms with E-state index in [0.29, 0.717) is 35.2 Å². The molecule has 0 spiro atoms. The lowest BCUT2D eigenvalue weighted by atomic mass is 10.1. The zero-order valence-corrected chi connectivity index (χ0v) is 17.6. The highest BCUT2D eigenvalue weighted by atomic mass is 16.5. The van der Waals surface area contributed by atoms with Crippen LogP contribution in [0.3, 0.4) is 0 Å². The number of hydrazone groups is 1. The number of rotatable bonds is 9. The Kier molecular flexibility index (Phi) is 7.48. The summed E-state index contributed by atoms with van der Waals surface area (Å²) in [6.45, 7) is 0.472. The maximum absolute atomic E-state index is 12.5. The van der Waals surface area contributed by atoms with Crippen molar-refractivity contribution in [2.24, 2.45) is 5.10 Å². The summed E-state index contributed by atoms with van der Waals surface area (Å²) in [6, 6.07) is 20.5. The number of nitrogens with one attached hydrogen (secondary N) is 1. The largest absolute Gasteiger partial charge is 0.493 e. The van der Waals surface area contributed by atoms with Crippen LogP contribution in [0.2, 0.25) is 0 Å². The van der Waals surface area contributed by atoms with E-state index in [2.05, 4.69) is 10.5 Å². The molecule has 3 rings (SSSR count). The highest BCUT2D eigenvalue weighted by molar-refractivity contribution is 5.96. The van der Waals surface area contributed by atoms with E-state index < -0.39 is 5.91 Å². The third kappa shape index (κ3) is 5.76. The molecule has 0 bridgehead atoms. The van der Waals surface area contributed by atoms with Crippen molar-refractivity contribution in [3.05, 3.63) is 83.4 Å². The normalized spacial score (nSPS) is 10.5. The van der Waals surface area contributed by atoms with Crippen LogP contribution in [0.15, 0.2) is 71.8 Å². The molecular weight excluding hydrogens is 396 g/mol. The molecule has 7 nitrogen and oxygen atoms in total. The molecule has 0 heterocycles. The van der Waals surface area contributed by atoms with Crippen LogP contribution < -0.4 is 24.4 Å². The Morgan fingerprint density at radius 3 is 2.26 bits per heavy atom. The second kappa shape index (κ2) is 10.7. The van der Waals surface area contributed by atoms with Gasteiger partial charge in [-0.2, -0.15) is 5.10 Å². The number of hydrogen-bond donors (Lipinski definition) is 1. The fourth-order valence-electron chi connectivity index (χ4n) is 2.87. The monoisotopic (exact) mass is 420 g/mol. The summed E-state index contributed by atoms with van der Waals surface area (Å²) < 4.78 is 21.6. The molecule has 0 aliphatic heterocycles. The van der Waals surface area contributed by atoms with E-state index in [1.54, 1.807) is 18.3 Å². The maximum Gasteiger partial charge on any atom is 0.271 e. The SMILES string of the molecule is COc1cc(C(=O)N/N=C\c2cccc(OCc3ccccc3)c2)cc(OC)c1OC. The van der Waals surface area contributed by atoms with Crippen molar-refractivity contribution < 1.29 is 23.7 Å². The summed E-state index contributed by atoms with van der Waals surface area (Å²) in [6.07, 6.45) is 1.55. The lowest BCUT2D eigenvalue weighted by Gasteiger charge is -2.13. The molecule has 0 saturated heterocycles. The first-order chi connectivity index (χ1) is 15.1. The molecule has 0 aliphatic carbocycles. The molecule has 3 aromatic rings. The van der Waals surface area contributed by atoms with Gasteiger partial charge in [0.05, 0.1) is 27.5 Å². The number of benzene rings is 3. The van der Waals surface area contributed by atoms with Crippen molar-refractivity contribution in [3.63, 3.8) is 0 Å². The van der Waals surface area contributed by atoms with Crippen LogP contribution in [0, 0.1) is 0 Å². The lowest BCUT2D eigenvalue weighted by molar-refractivity contribution is 0.0954. The van der Waals surface area contributed by atoms with E-state index in [1.807, 2.05) is 54.6 Å². The number of hydrogen-bond acceptors (Lipinski definition) is 6. The molecule has 1 N–H and O–H groups in total. The number of carbonyl (C=O) groups is 1. The Morgan fingerprint density at radius 1 is 0.903 bits per heavy atom. The second-order valence-corrected chi connectivity index (χ2v) is 6.46. The zero-order chi connectivity index (χ0) is 22.1. The molecule has 0 saturated carbocycles. The minimum absolute atomic E-state index is 0.326. The van der Waals surface area contributed by atoms with E-state index in [4.69, 9.17) is 18.9 Å². The Hall–Kier alpha value is -4.00. The Morgan fingerprint density at radius 2 is 1.61 bits per heavy atom. The fraction of sp³-hybridized carbons (Fsp3) is 0.167. The van der Waals surface area contributed by atoms with Crippen molar-refractivity contribution >= 4 is 12.1 Å². The summed E-state index contributed by atoms with van der Waals surface area (Å²) in [5.74, 6) is 1.49. The van der Waals surface area contributed by atoms with Crippen LogP contribution in [-0.4, -0.2) is 33.5 Å². The van der Waals surface area contributed by atoms with Crippen LogP contribution in [0.5, 0.6) is 23.0 Å². The maximum atomic E-state index is 12.5. The number of nitrogens with zero attached hydrogens (tertiary/aromatic N) is 1. The predicted molar refractivity (Wildman–Crippen MR) is 118 cm³/mol. The standard InChI is InChI=1S/C24H24N2O5/c1-28-21-13-19(14-22(29-2)23(21)30-3)24(27)26-25-15-18-10-7-11-20(12-18)31-16-17-8-5-4-6-9-17/h4-15H,16H2,1-3H3,(H,26,27)/b25-15-. The highest BCUT2D eigenvalue weighted by Crippen LogP contribution is 2.38. The number of amides is 1. The molecule has 1 amide bonds. The van der Waals surface area contributed by atoms with Gasteiger partial charge in [0.15, 0.2) is 11.5 Å². The van der Waals surface area contributed by atoms with Crippen molar-refractivity contribution in [2.75, 3.05) is 21.3 Å². The second-order valence-electron chi connectivity index (χ2n) is 6.46. The summed E-state index contributed by atoms with van der Waals surface area (Å²) in [7, 11) is 4.48. The first-order valence-electron chi connectivity index (χ1n) is 9.54.